The largest absolute Gasteiger partial charge is 0.480 e. The highest BCUT2D eigenvalue weighted by Crippen LogP contribution is 2.50. The van der Waals surface area contributed by atoms with Crippen LogP contribution in [0.3, 0.4) is 0 Å². The van der Waals surface area contributed by atoms with Crippen LogP contribution < -0.4 is 5.73 Å². The Morgan fingerprint density at radius 2 is 2.15 bits per heavy atom. The third-order valence-electron chi connectivity index (χ3n) is 2.20. The van der Waals surface area contributed by atoms with Gasteiger partial charge in [0.2, 0.25) is 0 Å². The minimum atomic E-state index is -4.02. The lowest BCUT2D eigenvalue weighted by molar-refractivity contribution is -0.139. The monoisotopic (exact) mass is 209 g/mol. The number of carboxylic acid groups (broad SMARTS) is 1. The van der Waals surface area contributed by atoms with Gasteiger partial charge < -0.3 is 20.6 Å². The van der Waals surface area contributed by atoms with E-state index in [0.717, 1.165) is 0 Å². The first-order chi connectivity index (χ1) is 5.81. The van der Waals surface area contributed by atoms with Crippen molar-refractivity contribution in [2.45, 2.75) is 12.5 Å². The molecule has 1 aliphatic carbocycles. The number of carbonyl (C=O) groups is 1. The van der Waals surface area contributed by atoms with E-state index >= 15 is 0 Å². The van der Waals surface area contributed by atoms with Gasteiger partial charge in [0.15, 0.2) is 0 Å². The average Bonchev–Trinajstić information content (AvgIpc) is 2.62. The molecule has 0 heterocycles. The van der Waals surface area contributed by atoms with Crippen molar-refractivity contribution in [2.24, 2.45) is 17.6 Å². The van der Waals surface area contributed by atoms with Crippen LogP contribution in [0.4, 0.5) is 0 Å². The smallest absolute Gasteiger partial charge is 0.325 e. The Labute approximate surface area is 74.9 Å². The highest BCUT2D eigenvalue weighted by Gasteiger charge is 2.46. The van der Waals surface area contributed by atoms with E-state index in [4.69, 9.17) is 20.6 Å². The summed E-state index contributed by atoms with van der Waals surface area (Å²) < 4.78 is 10.5. The van der Waals surface area contributed by atoms with Crippen molar-refractivity contribution in [1.29, 1.82) is 0 Å². The number of aliphatic carboxylic acids is 1. The highest BCUT2D eigenvalue weighted by molar-refractivity contribution is 7.51. The van der Waals surface area contributed by atoms with Gasteiger partial charge in [-0.1, -0.05) is 0 Å². The lowest BCUT2D eigenvalue weighted by Crippen LogP contribution is -2.33. The van der Waals surface area contributed by atoms with Gasteiger partial charge in [0.05, 0.1) is 6.16 Å². The van der Waals surface area contributed by atoms with Crippen LogP contribution in [0.15, 0.2) is 0 Å². The van der Waals surface area contributed by atoms with E-state index in [1.165, 1.54) is 0 Å². The van der Waals surface area contributed by atoms with Gasteiger partial charge in [0.25, 0.3) is 0 Å². The topological polar surface area (TPSA) is 121 Å². The maximum Gasteiger partial charge on any atom is 0.325 e. The van der Waals surface area contributed by atoms with E-state index < -0.39 is 19.6 Å². The van der Waals surface area contributed by atoms with Gasteiger partial charge in [-0.2, -0.15) is 0 Å². The predicted octanol–water partition coefficient (Wildman–Crippen LogP) is -0.788. The molecule has 0 spiro atoms. The summed E-state index contributed by atoms with van der Waals surface area (Å²) in [5.74, 6) is -1.62. The molecule has 3 atom stereocenters. The molecule has 6 nitrogen and oxygen atoms in total. The molecule has 7 heteroatoms. The van der Waals surface area contributed by atoms with Crippen LogP contribution in [0.25, 0.3) is 0 Å². The molecule has 13 heavy (non-hydrogen) atoms. The lowest BCUT2D eigenvalue weighted by Gasteiger charge is -2.05. The number of rotatable bonds is 4. The highest BCUT2D eigenvalue weighted by atomic mass is 31.2. The molecule has 0 bridgehead atoms. The van der Waals surface area contributed by atoms with Crippen molar-refractivity contribution in [3.05, 3.63) is 0 Å². The van der Waals surface area contributed by atoms with Gasteiger partial charge in [-0.3, -0.25) is 9.36 Å². The van der Waals surface area contributed by atoms with E-state index in [9.17, 15) is 9.36 Å². The molecular weight excluding hydrogens is 197 g/mol. The summed E-state index contributed by atoms with van der Waals surface area (Å²) in [6.45, 7) is 0. The Hall–Kier alpha value is -0.420. The molecule has 1 saturated carbocycles. The van der Waals surface area contributed by atoms with E-state index in [2.05, 4.69) is 0 Å². The lowest BCUT2D eigenvalue weighted by atomic mass is 10.2. The standard InChI is InChI=1S/C6H12NO5P/c7-5(6(8)9)4-1-3(4)2-13(10,11)12/h3-5H,1-2,7H2,(H,8,9)(H2,10,11,12)/t3?,4?,5-/m1/s1. The summed E-state index contributed by atoms with van der Waals surface area (Å²) in [6, 6.07) is -0.989. The van der Waals surface area contributed by atoms with Crippen molar-refractivity contribution >= 4 is 13.6 Å². The first kappa shape index (κ1) is 10.7. The van der Waals surface area contributed by atoms with E-state index in [1.807, 2.05) is 0 Å². The molecule has 1 rings (SSSR count). The first-order valence-electron chi connectivity index (χ1n) is 3.84. The van der Waals surface area contributed by atoms with Crippen molar-refractivity contribution in [3.8, 4) is 0 Å². The second-order valence-corrected chi connectivity index (χ2v) is 5.07. The third kappa shape index (κ3) is 3.08. The van der Waals surface area contributed by atoms with Crippen LogP contribution in [0.2, 0.25) is 0 Å². The van der Waals surface area contributed by atoms with Gasteiger partial charge in [-0.25, -0.2) is 0 Å². The predicted molar refractivity (Wildman–Crippen MR) is 44.1 cm³/mol. The molecule has 0 aromatic rings. The van der Waals surface area contributed by atoms with Gasteiger partial charge in [0.1, 0.15) is 6.04 Å². The molecule has 0 aromatic heterocycles. The fourth-order valence-electron chi connectivity index (χ4n) is 1.41. The Morgan fingerprint density at radius 3 is 2.54 bits per heavy atom. The average molecular weight is 209 g/mol. The third-order valence-corrected chi connectivity index (χ3v) is 3.14. The van der Waals surface area contributed by atoms with Crippen molar-refractivity contribution < 1.29 is 24.3 Å². The molecule has 76 valence electrons. The maximum absolute atomic E-state index is 10.5. The van der Waals surface area contributed by atoms with Crippen LogP contribution in [0.1, 0.15) is 6.42 Å². The van der Waals surface area contributed by atoms with Crippen molar-refractivity contribution in [3.63, 3.8) is 0 Å². The zero-order valence-corrected chi connectivity index (χ0v) is 7.72. The summed E-state index contributed by atoms with van der Waals surface area (Å²) in [6.07, 6.45) is 0.247. The summed E-state index contributed by atoms with van der Waals surface area (Å²) in [7, 11) is -4.02. The van der Waals surface area contributed by atoms with Crippen LogP contribution in [0, 0.1) is 11.8 Å². The molecule has 0 saturated heterocycles. The van der Waals surface area contributed by atoms with Gasteiger partial charge in [0, 0.05) is 0 Å². The molecular formula is C6H12NO5P. The molecule has 1 fully saturated rings. The van der Waals surface area contributed by atoms with Crippen molar-refractivity contribution in [2.75, 3.05) is 6.16 Å². The summed E-state index contributed by atoms with van der Waals surface area (Å²) in [5.41, 5.74) is 5.28. The zero-order valence-electron chi connectivity index (χ0n) is 6.83. The number of hydrogen-bond donors (Lipinski definition) is 4. The zero-order chi connectivity index (χ0) is 10.2. The van der Waals surface area contributed by atoms with Crippen LogP contribution in [-0.4, -0.2) is 33.1 Å². The Morgan fingerprint density at radius 1 is 1.62 bits per heavy atom. The second kappa shape index (κ2) is 3.38. The van der Waals surface area contributed by atoms with E-state index in [0.29, 0.717) is 6.42 Å². The van der Waals surface area contributed by atoms with Crippen LogP contribution in [-0.2, 0) is 9.36 Å². The second-order valence-electron chi connectivity index (χ2n) is 3.37. The maximum atomic E-state index is 10.5. The normalized spacial score (nSPS) is 29.8. The van der Waals surface area contributed by atoms with E-state index in [1.54, 1.807) is 0 Å². The molecule has 5 N–H and O–H groups in total. The minimum Gasteiger partial charge on any atom is -0.480 e. The molecule has 0 aromatic carbocycles. The van der Waals surface area contributed by atoms with Crippen LogP contribution >= 0.6 is 7.60 Å². The SMILES string of the molecule is N[C@@H](C(=O)O)C1CC1CP(=O)(O)O. The van der Waals surface area contributed by atoms with Crippen molar-refractivity contribution in [1.82, 2.24) is 0 Å². The van der Waals surface area contributed by atoms with Crippen LogP contribution in [0.5, 0.6) is 0 Å². The number of hydrogen-bond acceptors (Lipinski definition) is 3. The van der Waals surface area contributed by atoms with Gasteiger partial charge in [-0.05, 0) is 18.3 Å². The molecule has 0 aliphatic heterocycles. The molecule has 1 aliphatic rings. The summed E-state index contributed by atoms with van der Waals surface area (Å²) in [5, 5.41) is 8.49. The van der Waals surface area contributed by atoms with Gasteiger partial charge in [-0.15, -0.1) is 0 Å². The van der Waals surface area contributed by atoms with E-state index in [-0.39, 0.29) is 18.0 Å². The number of carboxylic acids is 1. The number of nitrogens with two attached hydrogens (primary N) is 1. The molecule has 0 radical (unpaired) electrons. The fraction of sp³-hybridized carbons (Fsp3) is 0.833. The minimum absolute atomic E-state index is 0.230. The Bertz CT molecular complexity index is 262. The molecule has 2 unspecified atom stereocenters. The van der Waals surface area contributed by atoms with Gasteiger partial charge >= 0.3 is 13.6 Å². The summed E-state index contributed by atoms with van der Waals surface area (Å²) in [4.78, 5) is 27.6. The Balaban J connectivity index is 2.39. The first-order valence-corrected chi connectivity index (χ1v) is 5.64. The summed E-state index contributed by atoms with van der Waals surface area (Å²) >= 11 is 0. The quantitative estimate of drug-likeness (QED) is 0.450. The Kier molecular flexibility index (Phi) is 2.77. The fourth-order valence-corrected chi connectivity index (χ4v) is 2.44. The molecule has 0 amide bonds.